The van der Waals surface area contributed by atoms with Crippen molar-refractivity contribution in [1.82, 2.24) is 30.2 Å². The molecule has 0 saturated carbocycles. The lowest BCUT2D eigenvalue weighted by molar-refractivity contribution is -0.347. The Hall–Kier alpha value is -2.35. The third-order valence-corrected chi connectivity index (χ3v) is 10.3. The fraction of sp³-hybridized carbons (Fsp3) is 0.667. The van der Waals surface area contributed by atoms with Crippen molar-refractivity contribution in [3.63, 3.8) is 0 Å². The Labute approximate surface area is 285 Å². The monoisotopic (exact) mass is 794 g/mol. The van der Waals surface area contributed by atoms with Crippen molar-refractivity contribution < 1.29 is 79.9 Å². The molecule has 1 aliphatic heterocycles. The SMILES string of the molecule is CC(C)(COP(=O)([O-])OP(=O)([O-])OC[C@H]1O[C@@H](n2cnc3c(N)ncnc32)[C@H](O)[C@@H]1OP(=O)([O-])[O-])[C@@H](O)C(=O)NCCC(=O)NCCS(N)=O. The van der Waals surface area contributed by atoms with Crippen molar-refractivity contribution >= 4 is 63.2 Å². The molecule has 29 heteroatoms. The molecule has 2 amide bonds. The van der Waals surface area contributed by atoms with Gasteiger partial charge in [0.25, 0.3) is 15.6 Å². The van der Waals surface area contributed by atoms with Crippen LogP contribution in [0.4, 0.5) is 5.82 Å². The third-order valence-electron chi connectivity index (χ3n) is 6.68. The zero-order valence-corrected chi connectivity index (χ0v) is 29.5. The molecule has 1 saturated heterocycles. The number of rotatable bonds is 19. The number of amides is 2. The lowest BCUT2D eigenvalue weighted by Gasteiger charge is -2.36. The highest BCUT2D eigenvalue weighted by atomic mass is 32.2. The molecule has 3 unspecified atom stereocenters. The Morgan fingerprint density at radius 1 is 1.12 bits per heavy atom. The number of hydrogen-bond donors (Lipinski definition) is 6. The number of imidazole rings is 1. The summed E-state index contributed by atoms with van der Waals surface area (Å²) in [4.78, 5) is 83.2. The summed E-state index contributed by atoms with van der Waals surface area (Å²) in [5.74, 6) is -1.63. The normalized spacial score (nSPS) is 23.5. The highest BCUT2D eigenvalue weighted by Crippen LogP contribution is 2.56. The van der Waals surface area contributed by atoms with Gasteiger partial charge in [-0.05, 0) is 0 Å². The summed E-state index contributed by atoms with van der Waals surface area (Å²) in [6, 6.07) is 0. The van der Waals surface area contributed by atoms with E-state index in [2.05, 4.69) is 43.5 Å². The van der Waals surface area contributed by atoms with E-state index in [1.54, 1.807) is 0 Å². The summed E-state index contributed by atoms with van der Waals surface area (Å²) in [5, 5.41) is 30.9. The fourth-order valence-corrected chi connectivity index (χ4v) is 7.25. The average molecular weight is 795 g/mol. The quantitative estimate of drug-likeness (QED) is 0.0722. The van der Waals surface area contributed by atoms with Crippen molar-refractivity contribution in [2.75, 3.05) is 37.8 Å². The van der Waals surface area contributed by atoms with E-state index in [1.807, 2.05) is 0 Å². The van der Waals surface area contributed by atoms with Gasteiger partial charge in [-0.2, -0.15) is 0 Å². The van der Waals surface area contributed by atoms with Crippen LogP contribution in [0.25, 0.3) is 11.2 Å². The van der Waals surface area contributed by atoms with Gasteiger partial charge in [-0.3, -0.25) is 28.4 Å². The van der Waals surface area contributed by atoms with E-state index in [-0.39, 0.29) is 42.2 Å². The minimum Gasteiger partial charge on any atom is -0.790 e. The van der Waals surface area contributed by atoms with Crippen LogP contribution in [0.2, 0.25) is 0 Å². The Balaban J connectivity index is 1.57. The van der Waals surface area contributed by atoms with Gasteiger partial charge in [0.05, 0.1) is 44.1 Å². The number of nitrogens with two attached hydrogens (primary N) is 2. The molecule has 2 aromatic heterocycles. The topological polar surface area (TPSA) is 401 Å². The van der Waals surface area contributed by atoms with E-state index in [0.29, 0.717) is 0 Å². The number of anilines is 1. The first-order valence-electron chi connectivity index (χ1n) is 14.0. The summed E-state index contributed by atoms with van der Waals surface area (Å²) in [6.45, 7) is -0.143. The molecule has 284 valence electrons. The van der Waals surface area contributed by atoms with E-state index in [4.69, 9.17) is 15.6 Å². The summed E-state index contributed by atoms with van der Waals surface area (Å²) in [6.07, 6.45) is -7.64. The smallest absolute Gasteiger partial charge is 0.274 e. The molecule has 2 aromatic rings. The summed E-state index contributed by atoms with van der Waals surface area (Å²) < 4.78 is 70.9. The molecule has 8 atom stereocenters. The lowest BCUT2D eigenvalue weighted by Crippen LogP contribution is -2.46. The lowest BCUT2D eigenvalue weighted by atomic mass is 9.87. The van der Waals surface area contributed by atoms with Crippen LogP contribution in [0.15, 0.2) is 12.7 Å². The Kier molecular flexibility index (Phi) is 14.3. The second kappa shape index (κ2) is 17.0. The van der Waals surface area contributed by atoms with E-state index in [0.717, 1.165) is 17.2 Å². The van der Waals surface area contributed by atoms with E-state index in [9.17, 15) is 57.3 Å². The highest BCUT2D eigenvalue weighted by molar-refractivity contribution is 7.82. The Bertz CT molecular complexity index is 1690. The zero-order valence-electron chi connectivity index (χ0n) is 26.0. The molecule has 0 bridgehead atoms. The number of aliphatic hydroxyl groups excluding tert-OH is 2. The molecule has 1 fully saturated rings. The van der Waals surface area contributed by atoms with Gasteiger partial charge in [-0.1, -0.05) is 13.8 Å². The predicted octanol–water partition coefficient (Wildman–Crippen LogP) is -5.50. The molecule has 8 N–H and O–H groups in total. The predicted molar refractivity (Wildman–Crippen MR) is 158 cm³/mol. The standard InChI is InChI=1S/C21H37N8O17P3S/c1-21(2,16(32)19(33)25-4-3-12(30)24-5-6-50(23)41)8-43-49(39,40)46-48(37,38)42-7-11-15(45-47(34,35)36)14(31)20(44-11)29-10-28-13-17(22)26-9-27-18(13)29/h9-11,14-16,20,31-32H,3-8,23H2,1-2H3,(H,24,30)(H,25,33)(H,37,38)(H,39,40)(H2,22,26,27)(H2,34,35,36)/p-4/t11-,14-,15-,16+,20-,50?/m1/s1. The number of nitrogens with zero attached hydrogens (tertiary/aromatic N) is 4. The number of ether oxygens (including phenoxy) is 1. The average Bonchev–Trinajstić information content (AvgIpc) is 3.54. The number of phosphoric acid groups is 3. The molecule has 3 rings (SSSR count). The Morgan fingerprint density at radius 2 is 1.78 bits per heavy atom. The number of nitrogen functional groups attached to an aromatic ring is 1. The zero-order chi connectivity index (χ0) is 37.7. The second-order valence-corrected chi connectivity index (χ2v) is 16.3. The second-order valence-electron chi connectivity index (χ2n) is 11.1. The first-order chi connectivity index (χ1) is 23.0. The van der Waals surface area contributed by atoms with Crippen LogP contribution >= 0.6 is 23.5 Å². The molecule has 0 spiro atoms. The molecule has 0 aromatic carbocycles. The van der Waals surface area contributed by atoms with Crippen molar-refractivity contribution in [3.05, 3.63) is 12.7 Å². The van der Waals surface area contributed by atoms with Crippen LogP contribution in [0.3, 0.4) is 0 Å². The summed E-state index contributed by atoms with van der Waals surface area (Å²) in [7, 11) is -19.2. The van der Waals surface area contributed by atoms with Gasteiger partial charge in [0.2, 0.25) is 11.8 Å². The van der Waals surface area contributed by atoms with Gasteiger partial charge >= 0.3 is 0 Å². The molecular weight excluding hydrogens is 761 g/mol. The number of carbonyl (C=O) groups excluding carboxylic acids is 2. The van der Waals surface area contributed by atoms with E-state index < -0.39 is 95.5 Å². The number of aromatic nitrogens is 4. The number of phosphoric ester groups is 3. The van der Waals surface area contributed by atoms with Gasteiger partial charge < -0.3 is 69.0 Å². The molecule has 0 aliphatic carbocycles. The van der Waals surface area contributed by atoms with Crippen LogP contribution in [0.5, 0.6) is 0 Å². The molecule has 0 radical (unpaired) electrons. The van der Waals surface area contributed by atoms with Gasteiger partial charge in [0.1, 0.15) is 36.3 Å². The molecular formula is C21H33N8O17P3S-4. The van der Waals surface area contributed by atoms with E-state index in [1.165, 1.54) is 13.8 Å². The Morgan fingerprint density at radius 3 is 2.42 bits per heavy atom. The summed E-state index contributed by atoms with van der Waals surface area (Å²) in [5.41, 5.74) is 4.04. The number of aliphatic hydroxyl groups is 2. The van der Waals surface area contributed by atoms with Crippen molar-refractivity contribution in [2.45, 2.75) is 50.9 Å². The maximum absolute atomic E-state index is 12.4. The molecule has 1 aliphatic rings. The number of carbonyl (C=O) groups is 2. The van der Waals surface area contributed by atoms with E-state index >= 15 is 0 Å². The van der Waals surface area contributed by atoms with Gasteiger partial charge in [0.15, 0.2) is 17.7 Å². The molecule has 50 heavy (non-hydrogen) atoms. The number of nitrogens with one attached hydrogen (secondary N) is 2. The number of fused-ring (bicyclic) bond motifs is 1. The van der Waals surface area contributed by atoms with Crippen LogP contribution in [-0.4, -0.2) is 102 Å². The minimum atomic E-state index is -5.91. The van der Waals surface area contributed by atoms with Gasteiger partial charge in [0, 0.05) is 24.9 Å². The first kappa shape index (κ1) is 42.1. The van der Waals surface area contributed by atoms with Crippen molar-refractivity contribution in [2.24, 2.45) is 10.6 Å². The van der Waals surface area contributed by atoms with Crippen LogP contribution < -0.4 is 41.1 Å². The maximum atomic E-state index is 12.4. The van der Waals surface area contributed by atoms with Crippen LogP contribution in [0.1, 0.15) is 26.5 Å². The maximum Gasteiger partial charge on any atom is 0.274 e. The fourth-order valence-electron chi connectivity index (χ4n) is 4.21. The molecule has 3 heterocycles. The van der Waals surface area contributed by atoms with Gasteiger partial charge in [-0.15, -0.1) is 0 Å². The number of hydrogen-bond acceptors (Lipinski definition) is 21. The highest BCUT2D eigenvalue weighted by Gasteiger charge is 2.47. The summed E-state index contributed by atoms with van der Waals surface area (Å²) >= 11 is 0. The van der Waals surface area contributed by atoms with Crippen molar-refractivity contribution in [3.8, 4) is 0 Å². The van der Waals surface area contributed by atoms with Crippen LogP contribution in [0, 0.1) is 5.41 Å². The molecule has 25 nitrogen and oxygen atoms in total. The van der Waals surface area contributed by atoms with Crippen molar-refractivity contribution in [1.29, 1.82) is 0 Å². The largest absolute Gasteiger partial charge is 0.790 e. The third kappa shape index (κ3) is 12.1. The van der Waals surface area contributed by atoms with Crippen LogP contribution in [-0.2, 0) is 56.9 Å². The minimum absolute atomic E-state index is 0.00810. The first-order valence-corrected chi connectivity index (χ1v) is 19.7. The van der Waals surface area contributed by atoms with Gasteiger partial charge in [-0.25, -0.2) is 23.5 Å².